The van der Waals surface area contributed by atoms with Crippen LogP contribution in [0.1, 0.15) is 22.8 Å². The third-order valence-corrected chi connectivity index (χ3v) is 3.13. The van der Waals surface area contributed by atoms with Gasteiger partial charge in [-0.15, -0.1) is 0 Å². The van der Waals surface area contributed by atoms with Gasteiger partial charge in [-0.25, -0.2) is 9.37 Å². The van der Waals surface area contributed by atoms with Crippen LogP contribution in [0, 0.1) is 5.82 Å². The highest BCUT2D eigenvalue weighted by Gasteiger charge is 2.11. The Morgan fingerprint density at radius 3 is 2.71 bits per heavy atom. The highest BCUT2D eigenvalue weighted by molar-refractivity contribution is 6.33. The largest absolute Gasteiger partial charge is 0.370 e. The van der Waals surface area contributed by atoms with E-state index in [0.29, 0.717) is 24.5 Å². The van der Waals surface area contributed by atoms with Crippen molar-refractivity contribution in [2.75, 3.05) is 11.9 Å². The van der Waals surface area contributed by atoms with E-state index in [0.717, 1.165) is 5.56 Å². The number of hydrogen-bond donors (Lipinski definition) is 2. The summed E-state index contributed by atoms with van der Waals surface area (Å²) in [7, 11) is 0. The zero-order valence-electron chi connectivity index (χ0n) is 11.5. The van der Waals surface area contributed by atoms with Crippen molar-refractivity contribution in [2.45, 2.75) is 13.5 Å². The number of aromatic nitrogens is 1. The Balaban J connectivity index is 2.05. The first-order valence-corrected chi connectivity index (χ1v) is 6.90. The molecule has 0 atom stereocenters. The highest BCUT2D eigenvalue weighted by atomic mass is 35.5. The van der Waals surface area contributed by atoms with Crippen molar-refractivity contribution in [1.29, 1.82) is 0 Å². The monoisotopic (exact) mass is 307 g/mol. The zero-order chi connectivity index (χ0) is 15.2. The Bertz CT molecular complexity index is 631. The van der Waals surface area contributed by atoms with E-state index in [4.69, 9.17) is 11.6 Å². The van der Waals surface area contributed by atoms with Gasteiger partial charge in [0.25, 0.3) is 5.91 Å². The lowest BCUT2D eigenvalue weighted by Gasteiger charge is -2.09. The topological polar surface area (TPSA) is 54.0 Å². The van der Waals surface area contributed by atoms with Gasteiger partial charge in [-0.2, -0.15) is 0 Å². The lowest BCUT2D eigenvalue weighted by molar-refractivity contribution is 0.0951. The first-order valence-electron chi connectivity index (χ1n) is 6.52. The smallest absolute Gasteiger partial charge is 0.253 e. The molecule has 0 aliphatic heterocycles. The van der Waals surface area contributed by atoms with Crippen LogP contribution in [-0.2, 0) is 6.54 Å². The molecule has 2 N–H and O–H groups in total. The molecule has 0 radical (unpaired) electrons. The van der Waals surface area contributed by atoms with Gasteiger partial charge in [0.2, 0.25) is 0 Å². The quantitative estimate of drug-likeness (QED) is 0.891. The van der Waals surface area contributed by atoms with Gasteiger partial charge in [0, 0.05) is 19.3 Å². The number of anilines is 1. The van der Waals surface area contributed by atoms with Crippen molar-refractivity contribution in [3.63, 3.8) is 0 Å². The van der Waals surface area contributed by atoms with E-state index < -0.39 is 0 Å². The van der Waals surface area contributed by atoms with Crippen molar-refractivity contribution in [3.05, 3.63) is 58.5 Å². The number of benzene rings is 1. The molecule has 1 amide bonds. The summed E-state index contributed by atoms with van der Waals surface area (Å²) in [6.45, 7) is 2.93. The molecule has 1 aromatic heterocycles. The molecule has 0 aliphatic rings. The molecule has 0 aliphatic carbocycles. The van der Waals surface area contributed by atoms with Crippen molar-refractivity contribution in [1.82, 2.24) is 10.3 Å². The fourth-order valence-corrected chi connectivity index (χ4v) is 1.96. The summed E-state index contributed by atoms with van der Waals surface area (Å²) in [5, 5.41) is 6.05. The molecule has 110 valence electrons. The van der Waals surface area contributed by atoms with Crippen molar-refractivity contribution in [3.8, 4) is 0 Å². The predicted octanol–water partition coefficient (Wildman–Crippen LogP) is 3.24. The second kappa shape index (κ2) is 7.04. The molecule has 0 bridgehead atoms. The molecular formula is C15H15ClFN3O. The first-order chi connectivity index (χ1) is 10.1. The second-order valence-electron chi connectivity index (χ2n) is 4.39. The molecule has 0 saturated heterocycles. The fourth-order valence-electron chi connectivity index (χ4n) is 1.77. The number of halogens is 2. The molecule has 0 saturated carbocycles. The van der Waals surface area contributed by atoms with Gasteiger partial charge >= 0.3 is 0 Å². The second-order valence-corrected chi connectivity index (χ2v) is 4.80. The van der Waals surface area contributed by atoms with Crippen LogP contribution in [-0.4, -0.2) is 17.4 Å². The predicted molar refractivity (Wildman–Crippen MR) is 81.0 cm³/mol. The molecule has 1 heterocycles. The van der Waals surface area contributed by atoms with Crippen LogP contribution in [0.5, 0.6) is 0 Å². The fraction of sp³-hybridized carbons (Fsp3) is 0.200. The Kier molecular flexibility index (Phi) is 5.11. The number of carbonyl (C=O) groups excluding carboxylic acids is 1. The van der Waals surface area contributed by atoms with Gasteiger partial charge in [0.15, 0.2) is 0 Å². The Morgan fingerprint density at radius 2 is 2.05 bits per heavy atom. The number of carbonyl (C=O) groups is 1. The summed E-state index contributed by atoms with van der Waals surface area (Å²) in [5.41, 5.74) is 1.16. The minimum Gasteiger partial charge on any atom is -0.370 e. The van der Waals surface area contributed by atoms with E-state index in [1.54, 1.807) is 18.2 Å². The summed E-state index contributed by atoms with van der Waals surface area (Å²) in [5.74, 6) is -0.0164. The molecular weight excluding hydrogens is 293 g/mol. The van der Waals surface area contributed by atoms with Crippen LogP contribution in [0.4, 0.5) is 10.2 Å². The van der Waals surface area contributed by atoms with Gasteiger partial charge in [0.05, 0.1) is 10.6 Å². The zero-order valence-corrected chi connectivity index (χ0v) is 12.2. The minimum atomic E-state index is -0.308. The van der Waals surface area contributed by atoms with E-state index in [-0.39, 0.29) is 16.7 Å². The van der Waals surface area contributed by atoms with Crippen molar-refractivity contribution < 1.29 is 9.18 Å². The summed E-state index contributed by atoms with van der Waals surface area (Å²) in [6.07, 6.45) is 1.44. The number of rotatable bonds is 5. The Hall–Kier alpha value is -2.14. The molecule has 1 aromatic carbocycles. The maximum Gasteiger partial charge on any atom is 0.253 e. The van der Waals surface area contributed by atoms with Gasteiger partial charge in [-0.3, -0.25) is 4.79 Å². The lowest BCUT2D eigenvalue weighted by Crippen LogP contribution is -2.23. The summed E-state index contributed by atoms with van der Waals surface area (Å²) >= 11 is 5.99. The maximum atomic E-state index is 12.8. The summed E-state index contributed by atoms with van der Waals surface area (Å²) < 4.78 is 12.8. The minimum absolute atomic E-state index is 0.285. The molecule has 2 aromatic rings. The lowest BCUT2D eigenvalue weighted by atomic mass is 10.2. The molecule has 21 heavy (non-hydrogen) atoms. The average Bonchev–Trinajstić information content (AvgIpc) is 2.48. The number of nitrogens with one attached hydrogen (secondary N) is 2. The number of nitrogens with zero attached hydrogens (tertiary/aromatic N) is 1. The molecule has 0 fully saturated rings. The SMILES string of the molecule is CCNc1cc(C(=O)NCc2ccc(F)cc2)c(Cl)cn1. The maximum absolute atomic E-state index is 12.8. The molecule has 0 unspecified atom stereocenters. The van der Waals surface area contributed by atoms with Crippen LogP contribution in [0.3, 0.4) is 0 Å². The normalized spacial score (nSPS) is 10.2. The molecule has 2 rings (SSSR count). The van der Waals surface area contributed by atoms with Crippen LogP contribution in [0.15, 0.2) is 36.5 Å². The summed E-state index contributed by atoms with van der Waals surface area (Å²) in [4.78, 5) is 16.2. The number of pyridine rings is 1. The Labute approximate surface area is 127 Å². The third-order valence-electron chi connectivity index (χ3n) is 2.82. The number of hydrogen-bond acceptors (Lipinski definition) is 3. The van der Waals surface area contributed by atoms with E-state index in [2.05, 4.69) is 15.6 Å². The van der Waals surface area contributed by atoms with Crippen LogP contribution in [0.2, 0.25) is 5.02 Å². The number of amides is 1. The molecule has 0 spiro atoms. The van der Waals surface area contributed by atoms with Gasteiger partial charge in [-0.1, -0.05) is 23.7 Å². The molecule has 4 nitrogen and oxygen atoms in total. The highest BCUT2D eigenvalue weighted by Crippen LogP contribution is 2.18. The Morgan fingerprint density at radius 1 is 1.33 bits per heavy atom. The van der Waals surface area contributed by atoms with Crippen molar-refractivity contribution in [2.24, 2.45) is 0 Å². The van der Waals surface area contributed by atoms with Crippen LogP contribution in [0.25, 0.3) is 0 Å². The van der Waals surface area contributed by atoms with E-state index in [1.807, 2.05) is 6.92 Å². The van der Waals surface area contributed by atoms with Gasteiger partial charge < -0.3 is 10.6 Å². The molecule has 6 heteroatoms. The van der Waals surface area contributed by atoms with E-state index >= 15 is 0 Å². The average molecular weight is 308 g/mol. The standard InChI is InChI=1S/C15H15ClFN3O/c1-2-18-14-7-12(13(16)9-19-14)15(21)20-8-10-3-5-11(17)6-4-10/h3-7,9H,2,8H2,1H3,(H,18,19)(H,20,21). The van der Waals surface area contributed by atoms with Crippen LogP contribution >= 0.6 is 11.6 Å². The van der Waals surface area contributed by atoms with Crippen LogP contribution < -0.4 is 10.6 Å². The first kappa shape index (κ1) is 15.3. The van der Waals surface area contributed by atoms with Gasteiger partial charge in [-0.05, 0) is 30.7 Å². The van der Waals surface area contributed by atoms with E-state index in [9.17, 15) is 9.18 Å². The van der Waals surface area contributed by atoms with E-state index in [1.165, 1.54) is 18.3 Å². The van der Waals surface area contributed by atoms with Gasteiger partial charge in [0.1, 0.15) is 11.6 Å². The summed E-state index contributed by atoms with van der Waals surface area (Å²) in [6, 6.07) is 7.54. The third kappa shape index (κ3) is 4.16. The van der Waals surface area contributed by atoms with Crippen molar-refractivity contribution >= 4 is 23.3 Å².